The minimum Gasteiger partial charge on any atom is -0.373 e. The van der Waals surface area contributed by atoms with Crippen LogP contribution in [0.5, 0.6) is 0 Å². The predicted octanol–water partition coefficient (Wildman–Crippen LogP) is 3.82. The lowest BCUT2D eigenvalue weighted by Gasteiger charge is -2.11. The van der Waals surface area contributed by atoms with Gasteiger partial charge in [0.15, 0.2) is 0 Å². The van der Waals surface area contributed by atoms with Crippen LogP contribution in [0.15, 0.2) is 29.2 Å². The molecule has 1 heterocycles. The first-order chi connectivity index (χ1) is 9.63. The van der Waals surface area contributed by atoms with Crippen LogP contribution in [0.1, 0.15) is 24.0 Å². The van der Waals surface area contributed by atoms with Gasteiger partial charge in [-0.1, -0.05) is 6.92 Å². The van der Waals surface area contributed by atoms with E-state index in [1.54, 1.807) is 23.9 Å². The number of nitrogens with one attached hydrogen (secondary N) is 1. The van der Waals surface area contributed by atoms with Gasteiger partial charge in [-0.3, -0.25) is 0 Å². The molecule has 1 N–H and O–H groups in total. The van der Waals surface area contributed by atoms with E-state index in [1.807, 2.05) is 14.0 Å². The maximum absolute atomic E-state index is 12.8. The summed E-state index contributed by atoms with van der Waals surface area (Å²) in [5, 5.41) is 3.11. The van der Waals surface area contributed by atoms with Gasteiger partial charge in [-0.25, -0.2) is 14.4 Å². The van der Waals surface area contributed by atoms with Crippen molar-refractivity contribution in [3.05, 3.63) is 47.2 Å². The monoisotopic (exact) mass is 291 g/mol. The molecule has 0 fully saturated rings. The van der Waals surface area contributed by atoms with Crippen molar-refractivity contribution in [1.29, 1.82) is 0 Å². The third-order valence-electron chi connectivity index (χ3n) is 3.05. The Bertz CT molecular complexity index is 559. The van der Waals surface area contributed by atoms with Gasteiger partial charge < -0.3 is 5.32 Å². The largest absolute Gasteiger partial charge is 0.373 e. The van der Waals surface area contributed by atoms with Crippen LogP contribution in [0.4, 0.5) is 10.2 Å². The number of hydrogen-bond acceptors (Lipinski definition) is 4. The molecule has 1 aromatic carbocycles. The van der Waals surface area contributed by atoms with Gasteiger partial charge in [-0.15, -0.1) is 11.8 Å². The molecule has 0 saturated carbocycles. The molecule has 0 amide bonds. The molecule has 0 aliphatic carbocycles. The zero-order chi connectivity index (χ0) is 14.5. The number of benzene rings is 1. The van der Waals surface area contributed by atoms with Gasteiger partial charge in [0.2, 0.25) is 0 Å². The maximum Gasteiger partial charge on any atom is 0.141 e. The molecule has 2 rings (SSSR count). The molecule has 0 aliphatic rings. The molecule has 2 aromatic rings. The van der Waals surface area contributed by atoms with Crippen LogP contribution < -0.4 is 5.32 Å². The zero-order valence-electron chi connectivity index (χ0n) is 11.9. The Morgan fingerprint density at radius 1 is 1.20 bits per heavy atom. The standard InChI is InChI=1S/C15H18FN3S/c1-4-13-10(2)15(17-3)19-14(18-13)9-20-12-7-5-11(16)6-8-12/h5-8H,4,9H2,1-3H3,(H,17,18,19). The summed E-state index contributed by atoms with van der Waals surface area (Å²) in [7, 11) is 1.87. The van der Waals surface area contributed by atoms with Gasteiger partial charge in [0.1, 0.15) is 17.5 Å². The molecular weight excluding hydrogens is 273 g/mol. The number of aromatic nitrogens is 2. The number of hydrogen-bond donors (Lipinski definition) is 1. The fourth-order valence-corrected chi connectivity index (χ4v) is 2.70. The fraction of sp³-hybridized carbons (Fsp3) is 0.333. The lowest BCUT2D eigenvalue weighted by atomic mass is 10.2. The summed E-state index contributed by atoms with van der Waals surface area (Å²) in [6.07, 6.45) is 0.886. The number of halogens is 1. The van der Waals surface area contributed by atoms with Gasteiger partial charge in [-0.05, 0) is 37.6 Å². The van der Waals surface area contributed by atoms with Crippen molar-refractivity contribution in [3.8, 4) is 0 Å². The predicted molar refractivity (Wildman–Crippen MR) is 81.7 cm³/mol. The van der Waals surface area contributed by atoms with Crippen molar-refractivity contribution in [1.82, 2.24) is 9.97 Å². The van der Waals surface area contributed by atoms with Gasteiger partial charge in [0, 0.05) is 23.2 Å². The van der Waals surface area contributed by atoms with Crippen molar-refractivity contribution < 1.29 is 4.39 Å². The summed E-state index contributed by atoms with van der Waals surface area (Å²) < 4.78 is 12.8. The molecule has 0 unspecified atom stereocenters. The molecular formula is C15H18FN3S. The molecule has 0 spiro atoms. The molecule has 0 aliphatic heterocycles. The van der Waals surface area contributed by atoms with Crippen LogP contribution in [0, 0.1) is 12.7 Å². The second kappa shape index (κ2) is 6.70. The summed E-state index contributed by atoms with van der Waals surface area (Å²) in [6, 6.07) is 6.48. The Morgan fingerprint density at radius 3 is 2.50 bits per heavy atom. The van der Waals surface area contributed by atoms with Crippen LogP contribution in [-0.4, -0.2) is 17.0 Å². The van der Waals surface area contributed by atoms with Gasteiger partial charge in [0.25, 0.3) is 0 Å². The number of thioether (sulfide) groups is 1. The SMILES string of the molecule is CCc1nc(CSc2ccc(F)cc2)nc(NC)c1C. The highest BCUT2D eigenvalue weighted by Gasteiger charge is 2.09. The molecule has 0 saturated heterocycles. The third-order valence-corrected chi connectivity index (χ3v) is 4.05. The Balaban J connectivity index is 2.14. The lowest BCUT2D eigenvalue weighted by molar-refractivity contribution is 0.626. The molecule has 0 bridgehead atoms. The minimum absolute atomic E-state index is 0.216. The zero-order valence-corrected chi connectivity index (χ0v) is 12.7. The van der Waals surface area contributed by atoms with E-state index in [1.165, 1.54) is 12.1 Å². The normalized spacial score (nSPS) is 10.6. The number of aryl methyl sites for hydroxylation is 1. The summed E-state index contributed by atoms with van der Waals surface area (Å²) in [4.78, 5) is 10.1. The van der Waals surface area contributed by atoms with E-state index >= 15 is 0 Å². The molecule has 0 radical (unpaired) electrons. The van der Waals surface area contributed by atoms with Crippen molar-refractivity contribution in [2.24, 2.45) is 0 Å². The number of rotatable bonds is 5. The summed E-state index contributed by atoms with van der Waals surface area (Å²) >= 11 is 1.61. The first-order valence-electron chi connectivity index (χ1n) is 6.56. The molecule has 5 heteroatoms. The van der Waals surface area contributed by atoms with Crippen molar-refractivity contribution >= 4 is 17.6 Å². The smallest absolute Gasteiger partial charge is 0.141 e. The average molecular weight is 291 g/mol. The molecule has 20 heavy (non-hydrogen) atoms. The quantitative estimate of drug-likeness (QED) is 0.850. The first-order valence-corrected chi connectivity index (χ1v) is 7.55. The van der Waals surface area contributed by atoms with Gasteiger partial charge in [0.05, 0.1) is 5.75 Å². The molecule has 106 valence electrons. The van der Waals surface area contributed by atoms with Crippen molar-refractivity contribution in [3.63, 3.8) is 0 Å². The number of anilines is 1. The minimum atomic E-state index is -0.216. The Kier molecular flexibility index (Phi) is 4.95. The molecule has 3 nitrogen and oxygen atoms in total. The van der Waals surface area contributed by atoms with Gasteiger partial charge in [-0.2, -0.15) is 0 Å². The highest BCUT2D eigenvalue weighted by molar-refractivity contribution is 7.98. The Hall–Kier alpha value is -1.62. The molecule has 1 aromatic heterocycles. The van der Waals surface area contributed by atoms with E-state index in [0.717, 1.165) is 34.2 Å². The van der Waals surface area contributed by atoms with E-state index in [2.05, 4.69) is 22.2 Å². The lowest BCUT2D eigenvalue weighted by Crippen LogP contribution is -2.06. The van der Waals surface area contributed by atoms with E-state index in [-0.39, 0.29) is 5.82 Å². The summed E-state index contributed by atoms with van der Waals surface area (Å²) in [6.45, 7) is 4.12. The summed E-state index contributed by atoms with van der Waals surface area (Å²) in [5.41, 5.74) is 2.17. The second-order valence-electron chi connectivity index (χ2n) is 4.41. The van der Waals surface area contributed by atoms with Crippen LogP contribution in [0.3, 0.4) is 0 Å². The van der Waals surface area contributed by atoms with Crippen molar-refractivity contribution in [2.45, 2.75) is 30.9 Å². The molecule has 0 atom stereocenters. The first kappa shape index (κ1) is 14.8. The average Bonchev–Trinajstić information content (AvgIpc) is 2.47. The summed E-state index contributed by atoms with van der Waals surface area (Å²) in [5.74, 6) is 2.14. The maximum atomic E-state index is 12.8. The van der Waals surface area contributed by atoms with E-state index < -0.39 is 0 Å². The van der Waals surface area contributed by atoms with E-state index in [0.29, 0.717) is 5.75 Å². The fourth-order valence-electron chi connectivity index (χ4n) is 1.95. The topological polar surface area (TPSA) is 37.8 Å². The highest BCUT2D eigenvalue weighted by Crippen LogP contribution is 2.23. The van der Waals surface area contributed by atoms with Crippen LogP contribution in [-0.2, 0) is 12.2 Å². The van der Waals surface area contributed by atoms with E-state index in [9.17, 15) is 4.39 Å². The second-order valence-corrected chi connectivity index (χ2v) is 5.46. The van der Waals surface area contributed by atoms with Gasteiger partial charge >= 0.3 is 0 Å². The van der Waals surface area contributed by atoms with E-state index in [4.69, 9.17) is 0 Å². The Morgan fingerprint density at radius 2 is 1.90 bits per heavy atom. The van der Waals surface area contributed by atoms with Crippen LogP contribution in [0.25, 0.3) is 0 Å². The third kappa shape index (κ3) is 3.48. The van der Waals surface area contributed by atoms with Crippen LogP contribution in [0.2, 0.25) is 0 Å². The Labute approximate surface area is 123 Å². The number of nitrogens with zero attached hydrogens (tertiary/aromatic N) is 2. The highest BCUT2D eigenvalue weighted by atomic mass is 32.2. The van der Waals surface area contributed by atoms with Crippen LogP contribution >= 0.6 is 11.8 Å². The van der Waals surface area contributed by atoms with Crippen molar-refractivity contribution in [2.75, 3.05) is 12.4 Å².